The van der Waals surface area contributed by atoms with Crippen molar-refractivity contribution >= 4 is 0 Å². The number of aryl methyl sites for hydroxylation is 3. The van der Waals surface area contributed by atoms with E-state index in [9.17, 15) is 0 Å². The van der Waals surface area contributed by atoms with Crippen molar-refractivity contribution in [2.24, 2.45) is 11.8 Å². The van der Waals surface area contributed by atoms with Crippen LogP contribution < -0.4 is 5.32 Å². The van der Waals surface area contributed by atoms with Gasteiger partial charge in [-0.15, -0.1) is 0 Å². The van der Waals surface area contributed by atoms with E-state index in [1.807, 2.05) is 6.92 Å². The van der Waals surface area contributed by atoms with Crippen LogP contribution in [0.25, 0.3) is 0 Å². The molecular weight excluding hydrogens is 258 g/mol. The molecule has 1 aromatic carbocycles. The van der Waals surface area contributed by atoms with Crippen molar-refractivity contribution in [2.75, 3.05) is 7.05 Å². The zero-order valence-electron chi connectivity index (χ0n) is 13.0. The average Bonchev–Trinajstić information content (AvgIpc) is 3.12. The van der Waals surface area contributed by atoms with E-state index in [1.54, 1.807) is 11.1 Å². The summed E-state index contributed by atoms with van der Waals surface area (Å²) in [5.74, 6) is 4.39. The molecule has 0 saturated heterocycles. The van der Waals surface area contributed by atoms with Crippen molar-refractivity contribution in [1.82, 2.24) is 5.32 Å². The molecule has 2 aliphatic rings. The predicted octanol–water partition coefficient (Wildman–Crippen LogP) is 4.13. The molecule has 110 valence electrons. The molecule has 0 radical (unpaired) electrons. The highest BCUT2D eigenvalue weighted by atomic mass is 16.3. The number of fused-ring (bicyclic) bond motifs is 3. The summed E-state index contributed by atoms with van der Waals surface area (Å²) in [6.07, 6.45) is 2.58. The van der Waals surface area contributed by atoms with Crippen LogP contribution >= 0.6 is 0 Å². The van der Waals surface area contributed by atoms with E-state index in [4.69, 9.17) is 4.42 Å². The van der Waals surface area contributed by atoms with Crippen molar-refractivity contribution in [3.05, 3.63) is 58.5 Å². The minimum atomic E-state index is 0.420. The Balaban J connectivity index is 1.68. The van der Waals surface area contributed by atoms with E-state index < -0.39 is 0 Å². The van der Waals surface area contributed by atoms with Crippen molar-refractivity contribution in [3.8, 4) is 0 Å². The van der Waals surface area contributed by atoms with Gasteiger partial charge in [0.15, 0.2) is 0 Å². The monoisotopic (exact) mass is 281 g/mol. The second kappa shape index (κ2) is 4.74. The van der Waals surface area contributed by atoms with E-state index in [-0.39, 0.29) is 0 Å². The van der Waals surface area contributed by atoms with Crippen LogP contribution in [-0.4, -0.2) is 7.05 Å². The summed E-state index contributed by atoms with van der Waals surface area (Å²) in [6, 6.07) is 11.7. The molecule has 4 rings (SSSR count). The van der Waals surface area contributed by atoms with Crippen LogP contribution in [0.1, 0.15) is 46.6 Å². The molecule has 1 N–H and O–H groups in total. The second-order valence-electron chi connectivity index (χ2n) is 6.64. The Kier molecular flexibility index (Phi) is 2.97. The lowest BCUT2D eigenvalue weighted by atomic mass is 9.92. The third-order valence-electron chi connectivity index (χ3n) is 5.50. The average molecular weight is 281 g/mol. The largest absolute Gasteiger partial charge is 0.466 e. The Morgan fingerprint density at radius 2 is 2.05 bits per heavy atom. The molecule has 1 aromatic heterocycles. The fourth-order valence-corrected chi connectivity index (χ4v) is 4.59. The first-order valence-corrected chi connectivity index (χ1v) is 8.02. The molecule has 4 unspecified atom stereocenters. The first-order valence-electron chi connectivity index (χ1n) is 8.02. The number of benzene rings is 1. The molecule has 2 nitrogen and oxygen atoms in total. The van der Waals surface area contributed by atoms with Crippen LogP contribution in [-0.2, 0) is 6.42 Å². The molecule has 0 aliphatic heterocycles. The van der Waals surface area contributed by atoms with E-state index >= 15 is 0 Å². The molecule has 0 spiro atoms. The minimum Gasteiger partial charge on any atom is -0.466 e. The Hall–Kier alpha value is -1.54. The van der Waals surface area contributed by atoms with E-state index in [0.29, 0.717) is 12.0 Å². The molecule has 1 heterocycles. The van der Waals surface area contributed by atoms with Crippen molar-refractivity contribution in [2.45, 2.75) is 38.6 Å². The Labute approximate surface area is 126 Å². The quantitative estimate of drug-likeness (QED) is 0.915. The lowest BCUT2D eigenvalue weighted by Crippen LogP contribution is -2.20. The molecule has 21 heavy (non-hydrogen) atoms. The number of nitrogens with one attached hydrogen (secondary N) is 1. The van der Waals surface area contributed by atoms with E-state index in [1.165, 1.54) is 18.4 Å². The number of rotatable bonds is 3. The van der Waals surface area contributed by atoms with Gasteiger partial charge in [-0.2, -0.15) is 0 Å². The highest BCUT2D eigenvalue weighted by Gasteiger charge is 2.56. The van der Waals surface area contributed by atoms with Gasteiger partial charge in [0.25, 0.3) is 0 Å². The smallest absolute Gasteiger partial charge is 0.105 e. The first kappa shape index (κ1) is 13.1. The second-order valence-corrected chi connectivity index (χ2v) is 6.64. The molecule has 1 fully saturated rings. The molecule has 2 aromatic rings. The zero-order chi connectivity index (χ0) is 14.6. The van der Waals surface area contributed by atoms with Gasteiger partial charge >= 0.3 is 0 Å². The number of hydrogen-bond donors (Lipinski definition) is 1. The van der Waals surface area contributed by atoms with Crippen LogP contribution in [0.15, 0.2) is 34.7 Å². The maximum Gasteiger partial charge on any atom is 0.105 e. The van der Waals surface area contributed by atoms with Gasteiger partial charge in [0.2, 0.25) is 0 Å². The molecular formula is C19H23NO. The van der Waals surface area contributed by atoms with Gasteiger partial charge in [-0.05, 0) is 68.7 Å². The minimum absolute atomic E-state index is 0.420. The summed E-state index contributed by atoms with van der Waals surface area (Å²) >= 11 is 0. The lowest BCUT2D eigenvalue weighted by molar-refractivity contribution is 0.459. The van der Waals surface area contributed by atoms with Crippen molar-refractivity contribution in [3.63, 3.8) is 0 Å². The SMILES string of the molecule is CNC(c1cc(C)oc1C)C1C2CCc3ccccc3C21. The van der Waals surface area contributed by atoms with E-state index in [2.05, 4.69) is 49.6 Å². The van der Waals surface area contributed by atoms with Crippen LogP contribution in [0.2, 0.25) is 0 Å². The van der Waals surface area contributed by atoms with Gasteiger partial charge in [-0.1, -0.05) is 24.3 Å². The summed E-state index contributed by atoms with van der Waals surface area (Å²) < 4.78 is 5.76. The number of furan rings is 1. The van der Waals surface area contributed by atoms with Crippen LogP contribution in [0.5, 0.6) is 0 Å². The summed E-state index contributed by atoms with van der Waals surface area (Å²) in [6.45, 7) is 4.13. The summed E-state index contributed by atoms with van der Waals surface area (Å²) in [4.78, 5) is 0. The fraction of sp³-hybridized carbons (Fsp3) is 0.474. The fourth-order valence-electron chi connectivity index (χ4n) is 4.59. The predicted molar refractivity (Wildman–Crippen MR) is 84.5 cm³/mol. The molecule has 2 aliphatic carbocycles. The molecule has 1 saturated carbocycles. The highest BCUT2D eigenvalue weighted by molar-refractivity contribution is 5.41. The summed E-state index contributed by atoms with van der Waals surface area (Å²) in [5.41, 5.74) is 4.51. The zero-order valence-corrected chi connectivity index (χ0v) is 13.0. The summed E-state index contributed by atoms with van der Waals surface area (Å²) in [7, 11) is 2.09. The van der Waals surface area contributed by atoms with Crippen LogP contribution in [0.3, 0.4) is 0 Å². The maximum atomic E-state index is 5.76. The van der Waals surface area contributed by atoms with Gasteiger partial charge in [0.05, 0.1) is 0 Å². The Bertz CT molecular complexity index is 672. The van der Waals surface area contributed by atoms with Gasteiger partial charge < -0.3 is 9.73 Å². The third-order valence-corrected chi connectivity index (χ3v) is 5.50. The van der Waals surface area contributed by atoms with E-state index in [0.717, 1.165) is 23.4 Å². The Morgan fingerprint density at radius 1 is 1.24 bits per heavy atom. The lowest BCUT2D eigenvalue weighted by Gasteiger charge is -2.16. The van der Waals surface area contributed by atoms with Crippen LogP contribution in [0, 0.1) is 25.7 Å². The molecule has 2 heteroatoms. The highest BCUT2D eigenvalue weighted by Crippen LogP contribution is 2.64. The molecule has 0 bridgehead atoms. The normalized spacial score (nSPS) is 27.9. The molecule has 4 atom stereocenters. The molecule has 0 amide bonds. The summed E-state index contributed by atoms with van der Waals surface area (Å²) in [5, 5.41) is 3.56. The van der Waals surface area contributed by atoms with Gasteiger partial charge in [-0.3, -0.25) is 0 Å². The van der Waals surface area contributed by atoms with Crippen LogP contribution in [0.4, 0.5) is 0 Å². The maximum absolute atomic E-state index is 5.76. The van der Waals surface area contributed by atoms with Gasteiger partial charge in [0.1, 0.15) is 11.5 Å². The van der Waals surface area contributed by atoms with Crippen molar-refractivity contribution in [1.29, 1.82) is 0 Å². The number of hydrogen-bond acceptors (Lipinski definition) is 2. The van der Waals surface area contributed by atoms with Gasteiger partial charge in [0, 0.05) is 11.6 Å². The first-order chi connectivity index (χ1) is 10.2. The standard InChI is InChI=1S/C19H23NO/c1-11-10-16(12(2)21-11)19(20-3)18-15-9-8-13-6-4-5-7-14(13)17(15)18/h4-7,10,15,17-20H,8-9H2,1-3H3. The topological polar surface area (TPSA) is 25.2 Å². The third kappa shape index (κ3) is 1.96. The van der Waals surface area contributed by atoms with Gasteiger partial charge in [-0.25, -0.2) is 0 Å². The van der Waals surface area contributed by atoms with Crippen molar-refractivity contribution < 1.29 is 4.42 Å². The Morgan fingerprint density at radius 3 is 2.76 bits per heavy atom.